The van der Waals surface area contributed by atoms with E-state index in [9.17, 15) is 9.90 Å². The number of hydrogen-bond acceptors (Lipinski definition) is 4. The average Bonchev–Trinajstić information content (AvgIpc) is 2.45. The number of aromatic hydroxyl groups is 1. The van der Waals surface area contributed by atoms with Crippen molar-refractivity contribution in [1.29, 1.82) is 0 Å². The molecule has 20 heavy (non-hydrogen) atoms. The molecule has 0 saturated heterocycles. The van der Waals surface area contributed by atoms with Gasteiger partial charge in [0.25, 0.3) is 0 Å². The second kappa shape index (κ2) is 6.13. The molecule has 0 radical (unpaired) electrons. The van der Waals surface area contributed by atoms with Crippen LogP contribution in [-0.4, -0.2) is 23.3 Å². The highest BCUT2D eigenvalue weighted by atomic mass is 16.5. The molecule has 1 unspecified atom stereocenters. The number of carboxylic acids is 1. The van der Waals surface area contributed by atoms with Gasteiger partial charge in [0.05, 0.1) is 7.11 Å². The molecule has 0 aliphatic heterocycles. The van der Waals surface area contributed by atoms with Crippen LogP contribution >= 0.6 is 0 Å². The number of phenolic OH excluding ortho intramolecular Hbond substituents is 1. The second-order valence-corrected chi connectivity index (χ2v) is 5.22. The number of phenols is 1. The predicted octanol–water partition coefficient (Wildman–Crippen LogP) is 2.14. The van der Waals surface area contributed by atoms with E-state index in [0.717, 1.165) is 42.6 Å². The summed E-state index contributed by atoms with van der Waals surface area (Å²) in [6.07, 6.45) is 4.13. The van der Waals surface area contributed by atoms with Crippen molar-refractivity contribution in [2.24, 2.45) is 5.73 Å². The van der Waals surface area contributed by atoms with Crippen molar-refractivity contribution in [3.63, 3.8) is 0 Å². The fraction of sp³-hybridized carbons (Fsp3) is 0.533. The van der Waals surface area contributed by atoms with E-state index in [-0.39, 0.29) is 12.2 Å². The Morgan fingerprint density at radius 1 is 1.40 bits per heavy atom. The third-order valence-corrected chi connectivity index (χ3v) is 3.90. The molecule has 0 fully saturated rings. The lowest BCUT2D eigenvalue weighted by atomic mass is 9.86. The zero-order chi connectivity index (χ0) is 14.7. The van der Waals surface area contributed by atoms with Gasteiger partial charge in [-0.05, 0) is 38.2 Å². The van der Waals surface area contributed by atoms with E-state index < -0.39 is 12.0 Å². The lowest BCUT2D eigenvalue weighted by molar-refractivity contribution is -0.137. The summed E-state index contributed by atoms with van der Waals surface area (Å²) in [5.74, 6) is 0.0847. The normalized spacial score (nSPS) is 15.5. The standard InChI is InChI=1S/C15H21NO4/c1-20-13-8-11(12(16)6-7-14(17)18)15(19)10-5-3-2-4-9(10)13/h8,12,19H,2-7,16H2,1H3,(H,17,18). The number of fused-ring (bicyclic) bond motifs is 1. The first kappa shape index (κ1) is 14.7. The van der Waals surface area contributed by atoms with Gasteiger partial charge in [0.1, 0.15) is 11.5 Å². The van der Waals surface area contributed by atoms with Crippen molar-refractivity contribution in [3.8, 4) is 11.5 Å². The van der Waals surface area contributed by atoms with Crippen molar-refractivity contribution in [2.75, 3.05) is 7.11 Å². The fourth-order valence-electron chi connectivity index (χ4n) is 2.81. The minimum Gasteiger partial charge on any atom is -0.507 e. The molecule has 5 heteroatoms. The molecule has 4 N–H and O–H groups in total. The summed E-state index contributed by atoms with van der Waals surface area (Å²) in [6, 6.07) is 1.26. The zero-order valence-electron chi connectivity index (χ0n) is 11.7. The Kier molecular flexibility index (Phi) is 4.49. The number of carbonyl (C=O) groups is 1. The molecule has 1 aliphatic rings. The van der Waals surface area contributed by atoms with E-state index in [4.69, 9.17) is 15.6 Å². The van der Waals surface area contributed by atoms with Crippen LogP contribution in [0.4, 0.5) is 0 Å². The molecule has 0 heterocycles. The van der Waals surface area contributed by atoms with Crippen molar-refractivity contribution < 1.29 is 19.7 Å². The number of hydrogen-bond donors (Lipinski definition) is 3. The summed E-state index contributed by atoms with van der Waals surface area (Å²) < 4.78 is 5.40. The van der Waals surface area contributed by atoms with Crippen LogP contribution in [0.3, 0.4) is 0 Å². The molecule has 2 rings (SSSR count). The minimum absolute atomic E-state index is 0.0139. The Morgan fingerprint density at radius 3 is 2.65 bits per heavy atom. The zero-order valence-corrected chi connectivity index (χ0v) is 11.7. The van der Waals surface area contributed by atoms with Gasteiger partial charge < -0.3 is 20.7 Å². The van der Waals surface area contributed by atoms with Crippen molar-refractivity contribution in [1.82, 2.24) is 0 Å². The third kappa shape index (κ3) is 2.88. The maximum absolute atomic E-state index is 10.6. The number of aliphatic carboxylic acids is 1. The lowest BCUT2D eigenvalue weighted by Gasteiger charge is -2.24. The van der Waals surface area contributed by atoms with Gasteiger partial charge in [0.15, 0.2) is 0 Å². The largest absolute Gasteiger partial charge is 0.507 e. The molecular weight excluding hydrogens is 258 g/mol. The molecule has 1 aliphatic carbocycles. The van der Waals surface area contributed by atoms with Gasteiger partial charge in [0.2, 0.25) is 0 Å². The lowest BCUT2D eigenvalue weighted by Crippen LogP contribution is -2.15. The summed E-state index contributed by atoms with van der Waals surface area (Å²) in [4.78, 5) is 10.6. The third-order valence-electron chi connectivity index (χ3n) is 3.90. The molecule has 1 atom stereocenters. The van der Waals surface area contributed by atoms with Gasteiger partial charge in [-0.25, -0.2) is 0 Å². The van der Waals surface area contributed by atoms with Crippen molar-refractivity contribution >= 4 is 5.97 Å². The quantitative estimate of drug-likeness (QED) is 0.768. The van der Waals surface area contributed by atoms with Gasteiger partial charge in [-0.2, -0.15) is 0 Å². The molecule has 0 saturated carbocycles. The van der Waals surface area contributed by atoms with E-state index in [1.165, 1.54) is 0 Å². The highest BCUT2D eigenvalue weighted by Gasteiger charge is 2.23. The number of carboxylic acid groups (broad SMARTS) is 1. The summed E-state index contributed by atoms with van der Waals surface area (Å²) in [6.45, 7) is 0. The van der Waals surface area contributed by atoms with Crippen LogP contribution in [0.15, 0.2) is 6.07 Å². The Labute approximate surface area is 118 Å². The highest BCUT2D eigenvalue weighted by Crippen LogP contribution is 2.40. The fourth-order valence-corrected chi connectivity index (χ4v) is 2.81. The molecule has 1 aromatic rings. The molecule has 0 spiro atoms. The van der Waals surface area contributed by atoms with E-state index in [1.54, 1.807) is 13.2 Å². The van der Waals surface area contributed by atoms with Gasteiger partial charge in [-0.1, -0.05) is 0 Å². The summed E-state index contributed by atoms with van der Waals surface area (Å²) in [5.41, 5.74) is 8.58. The maximum Gasteiger partial charge on any atom is 0.303 e. The summed E-state index contributed by atoms with van der Waals surface area (Å²) in [5, 5.41) is 19.1. The van der Waals surface area contributed by atoms with Crippen LogP contribution in [0.25, 0.3) is 0 Å². The molecule has 0 aromatic heterocycles. The van der Waals surface area contributed by atoms with Crippen molar-refractivity contribution in [3.05, 3.63) is 22.8 Å². The van der Waals surface area contributed by atoms with Crippen LogP contribution in [0, 0.1) is 0 Å². The minimum atomic E-state index is -0.884. The monoisotopic (exact) mass is 279 g/mol. The van der Waals surface area contributed by atoms with Gasteiger partial charge >= 0.3 is 5.97 Å². The van der Waals surface area contributed by atoms with Crippen LogP contribution in [0.2, 0.25) is 0 Å². The van der Waals surface area contributed by atoms with Gasteiger partial charge in [-0.3, -0.25) is 4.79 Å². The average molecular weight is 279 g/mol. The van der Waals surface area contributed by atoms with Crippen molar-refractivity contribution in [2.45, 2.75) is 44.6 Å². The van der Waals surface area contributed by atoms with Crippen LogP contribution in [-0.2, 0) is 17.6 Å². The number of nitrogens with two attached hydrogens (primary N) is 1. The summed E-state index contributed by atoms with van der Waals surface area (Å²) >= 11 is 0. The maximum atomic E-state index is 10.6. The Balaban J connectivity index is 2.35. The topological polar surface area (TPSA) is 92.8 Å². The highest BCUT2D eigenvalue weighted by molar-refractivity contribution is 5.66. The Hall–Kier alpha value is -1.75. The van der Waals surface area contributed by atoms with Gasteiger partial charge in [0, 0.05) is 29.2 Å². The van der Waals surface area contributed by atoms with Gasteiger partial charge in [-0.15, -0.1) is 0 Å². The first-order chi connectivity index (χ1) is 9.54. The Bertz CT molecular complexity index is 513. The number of rotatable bonds is 5. The Morgan fingerprint density at radius 2 is 2.05 bits per heavy atom. The summed E-state index contributed by atoms with van der Waals surface area (Å²) in [7, 11) is 1.60. The van der Waals surface area contributed by atoms with E-state index in [0.29, 0.717) is 12.0 Å². The van der Waals surface area contributed by atoms with E-state index >= 15 is 0 Å². The molecule has 5 nitrogen and oxygen atoms in total. The molecule has 0 amide bonds. The number of methoxy groups -OCH3 is 1. The number of benzene rings is 1. The SMILES string of the molecule is COc1cc(C(N)CCC(=O)O)c(O)c2c1CCCC2. The van der Waals surface area contributed by atoms with E-state index in [1.807, 2.05) is 0 Å². The predicted molar refractivity (Wildman–Crippen MR) is 75.1 cm³/mol. The first-order valence-corrected chi connectivity index (χ1v) is 6.93. The van der Waals surface area contributed by atoms with Crippen LogP contribution in [0.1, 0.15) is 48.4 Å². The van der Waals surface area contributed by atoms with E-state index in [2.05, 4.69) is 0 Å². The molecule has 110 valence electrons. The first-order valence-electron chi connectivity index (χ1n) is 6.93. The molecular formula is C15H21NO4. The van der Waals surface area contributed by atoms with Crippen LogP contribution in [0.5, 0.6) is 11.5 Å². The second-order valence-electron chi connectivity index (χ2n) is 5.22. The molecule has 1 aromatic carbocycles. The number of ether oxygens (including phenoxy) is 1. The van der Waals surface area contributed by atoms with Crippen LogP contribution < -0.4 is 10.5 Å². The smallest absolute Gasteiger partial charge is 0.303 e. The molecule has 0 bridgehead atoms.